The molecule has 7 nitrogen and oxygen atoms in total. The lowest BCUT2D eigenvalue weighted by Gasteiger charge is -2.25. The fourth-order valence-electron chi connectivity index (χ4n) is 1.65. The van der Waals surface area contributed by atoms with Crippen molar-refractivity contribution in [3.8, 4) is 0 Å². The van der Waals surface area contributed by atoms with Crippen LogP contribution >= 0.6 is 0 Å². The average molecular weight is 258 g/mol. The Morgan fingerprint density at radius 1 is 1.41 bits per heavy atom. The number of rotatable bonds is 4. The molecule has 0 aromatic carbocycles. The fourth-order valence-corrected chi connectivity index (χ4v) is 2.78. The Bertz CT molecular complexity index is 424. The molecule has 1 aliphatic rings. The molecule has 2 rings (SSSR count). The van der Waals surface area contributed by atoms with Crippen molar-refractivity contribution in [1.29, 1.82) is 0 Å². The van der Waals surface area contributed by atoms with Crippen LogP contribution in [0.25, 0.3) is 0 Å². The first kappa shape index (κ1) is 12.2. The van der Waals surface area contributed by atoms with Crippen LogP contribution in [-0.2, 0) is 17.3 Å². The molecule has 0 saturated carbocycles. The Hall–Kier alpha value is -1.28. The summed E-state index contributed by atoms with van der Waals surface area (Å²) in [5.41, 5.74) is -0.0373. The zero-order valence-electron chi connectivity index (χ0n) is 9.28. The van der Waals surface area contributed by atoms with E-state index in [0.29, 0.717) is 6.54 Å². The molecule has 0 amide bonds. The molecule has 0 bridgehead atoms. The highest BCUT2D eigenvalue weighted by atomic mass is 32.2. The molecule has 0 aliphatic carbocycles. The molecule has 1 aromatic rings. The van der Waals surface area contributed by atoms with E-state index in [0.717, 1.165) is 31.1 Å². The first-order chi connectivity index (χ1) is 8.15. The van der Waals surface area contributed by atoms with Crippen LogP contribution in [0, 0.1) is 0 Å². The van der Waals surface area contributed by atoms with Crippen molar-refractivity contribution < 1.29 is 14.1 Å². The van der Waals surface area contributed by atoms with Gasteiger partial charge in [-0.15, -0.1) is 5.10 Å². The average Bonchev–Trinajstić information content (AvgIpc) is 2.77. The number of carboxylic acids is 1. The minimum Gasteiger partial charge on any atom is -0.476 e. The smallest absolute Gasteiger partial charge is 0.358 e. The van der Waals surface area contributed by atoms with Crippen molar-refractivity contribution in [2.75, 3.05) is 31.1 Å². The highest BCUT2D eigenvalue weighted by Crippen LogP contribution is 2.00. The zero-order chi connectivity index (χ0) is 12.3. The van der Waals surface area contributed by atoms with Gasteiger partial charge in [0.25, 0.3) is 0 Å². The van der Waals surface area contributed by atoms with Gasteiger partial charge < -0.3 is 5.11 Å². The normalized spacial score (nSPS) is 18.4. The number of carbonyl (C=O) groups is 1. The molecule has 1 aromatic heterocycles. The molecular formula is C9H14N4O3S. The minimum atomic E-state index is -1.07. The van der Waals surface area contributed by atoms with Gasteiger partial charge in [-0.25, -0.2) is 4.79 Å². The van der Waals surface area contributed by atoms with Crippen molar-refractivity contribution in [1.82, 2.24) is 19.9 Å². The molecule has 1 saturated heterocycles. The Morgan fingerprint density at radius 2 is 2.12 bits per heavy atom. The van der Waals surface area contributed by atoms with Gasteiger partial charge in [-0.2, -0.15) is 0 Å². The van der Waals surface area contributed by atoms with Crippen molar-refractivity contribution in [2.45, 2.75) is 6.54 Å². The number of hydrogen-bond donors (Lipinski definition) is 1. The predicted octanol–water partition coefficient (Wildman–Crippen LogP) is -0.959. The molecule has 0 radical (unpaired) electrons. The third-order valence-electron chi connectivity index (χ3n) is 2.67. The lowest BCUT2D eigenvalue weighted by molar-refractivity contribution is 0.0690. The molecule has 0 atom stereocenters. The van der Waals surface area contributed by atoms with Crippen LogP contribution in [0.2, 0.25) is 0 Å². The van der Waals surface area contributed by atoms with E-state index in [9.17, 15) is 9.00 Å². The number of aromatic nitrogens is 3. The van der Waals surface area contributed by atoms with Gasteiger partial charge >= 0.3 is 5.97 Å². The van der Waals surface area contributed by atoms with E-state index < -0.39 is 16.8 Å². The first-order valence-corrected chi connectivity index (χ1v) is 6.85. The maximum Gasteiger partial charge on any atom is 0.358 e. The molecule has 1 aliphatic heterocycles. The van der Waals surface area contributed by atoms with Crippen LogP contribution in [0.15, 0.2) is 6.20 Å². The third-order valence-corrected chi connectivity index (χ3v) is 3.95. The summed E-state index contributed by atoms with van der Waals surface area (Å²) in [6.07, 6.45) is 1.42. The summed E-state index contributed by atoms with van der Waals surface area (Å²) >= 11 is 0. The number of carboxylic acid groups (broad SMARTS) is 1. The van der Waals surface area contributed by atoms with Gasteiger partial charge in [0, 0.05) is 41.9 Å². The summed E-state index contributed by atoms with van der Waals surface area (Å²) in [7, 11) is -0.665. The molecule has 2 heterocycles. The maximum atomic E-state index is 11.2. The van der Waals surface area contributed by atoms with Gasteiger partial charge in [-0.05, 0) is 0 Å². The van der Waals surface area contributed by atoms with Gasteiger partial charge in [0.2, 0.25) is 0 Å². The summed E-state index contributed by atoms with van der Waals surface area (Å²) in [4.78, 5) is 12.8. The Kier molecular flexibility index (Phi) is 3.85. The topological polar surface area (TPSA) is 88.3 Å². The zero-order valence-corrected chi connectivity index (χ0v) is 10.1. The van der Waals surface area contributed by atoms with Crippen LogP contribution in [0.5, 0.6) is 0 Å². The number of hydrogen-bond acceptors (Lipinski definition) is 5. The van der Waals surface area contributed by atoms with Crippen LogP contribution in [0.1, 0.15) is 10.5 Å². The van der Waals surface area contributed by atoms with Gasteiger partial charge in [-0.3, -0.25) is 13.8 Å². The number of nitrogens with zero attached hydrogens (tertiary/aromatic N) is 4. The first-order valence-electron chi connectivity index (χ1n) is 5.36. The molecule has 0 spiro atoms. The van der Waals surface area contributed by atoms with E-state index in [1.807, 2.05) is 0 Å². The summed E-state index contributed by atoms with van der Waals surface area (Å²) < 4.78 is 12.7. The van der Waals surface area contributed by atoms with E-state index in [2.05, 4.69) is 15.2 Å². The summed E-state index contributed by atoms with van der Waals surface area (Å²) in [6, 6.07) is 0. The molecule has 94 valence electrons. The molecule has 1 N–H and O–H groups in total. The van der Waals surface area contributed by atoms with E-state index in [-0.39, 0.29) is 5.69 Å². The maximum absolute atomic E-state index is 11.2. The van der Waals surface area contributed by atoms with Crippen molar-refractivity contribution in [3.63, 3.8) is 0 Å². The van der Waals surface area contributed by atoms with E-state index in [1.165, 1.54) is 10.9 Å². The molecule has 17 heavy (non-hydrogen) atoms. The summed E-state index contributed by atoms with van der Waals surface area (Å²) in [6.45, 7) is 3.03. The quantitative estimate of drug-likeness (QED) is 0.748. The van der Waals surface area contributed by atoms with E-state index in [4.69, 9.17) is 5.11 Å². The second-order valence-electron chi connectivity index (χ2n) is 3.86. The Balaban J connectivity index is 1.81. The van der Waals surface area contributed by atoms with Crippen LogP contribution in [0.4, 0.5) is 0 Å². The molecular weight excluding hydrogens is 244 g/mol. The monoisotopic (exact) mass is 258 g/mol. The van der Waals surface area contributed by atoms with Crippen molar-refractivity contribution in [3.05, 3.63) is 11.9 Å². The Labute approximate surface area is 101 Å². The molecule has 1 fully saturated rings. The van der Waals surface area contributed by atoms with Gasteiger partial charge in [0.1, 0.15) is 0 Å². The SMILES string of the molecule is O=C(O)c1cn(CCN2CCS(=O)CC2)nn1. The van der Waals surface area contributed by atoms with Crippen LogP contribution in [0.3, 0.4) is 0 Å². The lowest BCUT2D eigenvalue weighted by atomic mass is 10.4. The highest BCUT2D eigenvalue weighted by molar-refractivity contribution is 7.85. The standard InChI is InChI=1S/C9H14N4O3S/c14-9(15)8-7-13(11-10-8)2-1-12-3-5-17(16)6-4-12/h7H,1-6H2,(H,14,15). The lowest BCUT2D eigenvalue weighted by Crippen LogP contribution is -2.39. The van der Waals surface area contributed by atoms with Gasteiger partial charge in [-0.1, -0.05) is 5.21 Å². The van der Waals surface area contributed by atoms with Gasteiger partial charge in [0.05, 0.1) is 12.7 Å². The molecule has 8 heteroatoms. The van der Waals surface area contributed by atoms with Crippen molar-refractivity contribution in [2.24, 2.45) is 0 Å². The third kappa shape index (κ3) is 3.34. The second kappa shape index (κ2) is 5.37. The highest BCUT2D eigenvalue weighted by Gasteiger charge is 2.15. The molecule has 0 unspecified atom stereocenters. The Morgan fingerprint density at radius 3 is 2.71 bits per heavy atom. The second-order valence-corrected chi connectivity index (χ2v) is 5.56. The van der Waals surface area contributed by atoms with E-state index >= 15 is 0 Å². The minimum absolute atomic E-state index is 0.0373. The summed E-state index contributed by atoms with van der Waals surface area (Å²) in [5, 5.41) is 16.0. The predicted molar refractivity (Wildman–Crippen MR) is 61.3 cm³/mol. The van der Waals surface area contributed by atoms with Crippen LogP contribution < -0.4 is 0 Å². The van der Waals surface area contributed by atoms with Gasteiger partial charge in [0.15, 0.2) is 5.69 Å². The summed E-state index contributed by atoms with van der Waals surface area (Å²) in [5.74, 6) is 0.375. The number of aromatic carboxylic acids is 1. The largest absolute Gasteiger partial charge is 0.476 e. The van der Waals surface area contributed by atoms with Crippen LogP contribution in [-0.4, -0.2) is 66.3 Å². The fraction of sp³-hybridized carbons (Fsp3) is 0.667. The van der Waals surface area contributed by atoms with E-state index in [1.54, 1.807) is 0 Å². The van der Waals surface area contributed by atoms with Crippen molar-refractivity contribution >= 4 is 16.8 Å².